The SMILES string of the molecule is CC=C(C=O)OC. The normalized spacial score (nSPS) is 10.9. The van der Waals surface area contributed by atoms with Crippen molar-refractivity contribution in [3.63, 3.8) is 0 Å². The molecule has 2 nitrogen and oxygen atoms in total. The van der Waals surface area contributed by atoms with E-state index < -0.39 is 0 Å². The summed E-state index contributed by atoms with van der Waals surface area (Å²) in [4.78, 5) is 9.77. The summed E-state index contributed by atoms with van der Waals surface area (Å²) in [7, 11) is 1.46. The van der Waals surface area contributed by atoms with Gasteiger partial charge in [-0.15, -0.1) is 0 Å². The third kappa shape index (κ3) is 1.98. The van der Waals surface area contributed by atoms with Crippen molar-refractivity contribution in [1.29, 1.82) is 0 Å². The largest absolute Gasteiger partial charge is 0.494 e. The average molecular weight is 100 g/mol. The van der Waals surface area contributed by atoms with Crippen LogP contribution in [0.3, 0.4) is 0 Å². The summed E-state index contributed by atoms with van der Waals surface area (Å²) in [5.41, 5.74) is 0. The highest BCUT2D eigenvalue weighted by atomic mass is 16.5. The summed E-state index contributed by atoms with van der Waals surface area (Å²) in [6, 6.07) is 0. The van der Waals surface area contributed by atoms with Crippen LogP contribution in [0.1, 0.15) is 6.92 Å². The van der Waals surface area contributed by atoms with E-state index in [1.165, 1.54) is 7.11 Å². The number of hydrogen-bond donors (Lipinski definition) is 0. The van der Waals surface area contributed by atoms with E-state index in [9.17, 15) is 4.79 Å². The van der Waals surface area contributed by atoms with E-state index >= 15 is 0 Å². The summed E-state index contributed by atoms with van der Waals surface area (Å²) < 4.78 is 4.54. The van der Waals surface area contributed by atoms with E-state index in [1.807, 2.05) is 0 Å². The Morgan fingerprint density at radius 3 is 2.29 bits per heavy atom. The highest BCUT2D eigenvalue weighted by molar-refractivity contribution is 5.69. The first-order valence-corrected chi connectivity index (χ1v) is 2.00. The van der Waals surface area contributed by atoms with Gasteiger partial charge in [0.1, 0.15) is 0 Å². The van der Waals surface area contributed by atoms with Gasteiger partial charge in [0.25, 0.3) is 0 Å². The Kier molecular flexibility index (Phi) is 3.02. The monoisotopic (exact) mass is 100 g/mol. The summed E-state index contributed by atoms with van der Waals surface area (Å²) in [5, 5.41) is 0. The number of ether oxygens (including phenoxy) is 1. The maximum atomic E-state index is 9.77. The molecule has 0 saturated heterocycles. The van der Waals surface area contributed by atoms with Crippen LogP contribution in [0, 0.1) is 0 Å². The van der Waals surface area contributed by atoms with Crippen LogP contribution in [-0.2, 0) is 9.53 Å². The Labute approximate surface area is 42.8 Å². The van der Waals surface area contributed by atoms with Gasteiger partial charge in [0, 0.05) is 0 Å². The lowest BCUT2D eigenvalue weighted by atomic mass is 10.5. The smallest absolute Gasteiger partial charge is 0.184 e. The molecule has 0 rings (SSSR count). The van der Waals surface area contributed by atoms with Gasteiger partial charge in [-0.3, -0.25) is 4.79 Å². The Morgan fingerprint density at radius 2 is 2.29 bits per heavy atom. The zero-order chi connectivity index (χ0) is 5.70. The maximum Gasteiger partial charge on any atom is 0.184 e. The number of aldehydes is 1. The Morgan fingerprint density at radius 1 is 1.71 bits per heavy atom. The van der Waals surface area contributed by atoms with Gasteiger partial charge in [-0.2, -0.15) is 0 Å². The first-order valence-electron chi connectivity index (χ1n) is 2.00. The molecule has 0 fully saturated rings. The van der Waals surface area contributed by atoms with E-state index in [4.69, 9.17) is 0 Å². The van der Waals surface area contributed by atoms with Crippen molar-refractivity contribution in [2.24, 2.45) is 0 Å². The number of rotatable bonds is 2. The van der Waals surface area contributed by atoms with E-state index in [0.717, 1.165) is 0 Å². The van der Waals surface area contributed by atoms with Gasteiger partial charge in [0.15, 0.2) is 12.0 Å². The zero-order valence-electron chi connectivity index (χ0n) is 4.47. The Balaban J connectivity index is 3.60. The van der Waals surface area contributed by atoms with Crippen LogP contribution >= 0.6 is 0 Å². The average Bonchev–Trinajstić information content (AvgIpc) is 1.72. The molecule has 40 valence electrons. The van der Waals surface area contributed by atoms with Gasteiger partial charge in [0.2, 0.25) is 0 Å². The summed E-state index contributed by atoms with van der Waals surface area (Å²) in [6.07, 6.45) is 2.27. The fourth-order valence-electron chi connectivity index (χ4n) is 0.234. The predicted molar refractivity (Wildman–Crippen MR) is 26.8 cm³/mol. The highest BCUT2D eigenvalue weighted by Gasteiger charge is 1.82. The molecule has 0 aromatic heterocycles. The maximum absolute atomic E-state index is 9.77. The van der Waals surface area contributed by atoms with E-state index in [0.29, 0.717) is 12.0 Å². The number of methoxy groups -OCH3 is 1. The minimum absolute atomic E-state index is 0.375. The van der Waals surface area contributed by atoms with Crippen molar-refractivity contribution in [1.82, 2.24) is 0 Å². The summed E-state index contributed by atoms with van der Waals surface area (Å²) in [5.74, 6) is 0.375. The van der Waals surface area contributed by atoms with Gasteiger partial charge in [0.05, 0.1) is 7.11 Å². The molecule has 0 N–H and O–H groups in total. The third-order valence-corrected chi connectivity index (χ3v) is 0.636. The second kappa shape index (κ2) is 3.40. The second-order valence-electron chi connectivity index (χ2n) is 1.01. The van der Waals surface area contributed by atoms with Crippen LogP contribution in [0.25, 0.3) is 0 Å². The van der Waals surface area contributed by atoms with Gasteiger partial charge in [-0.1, -0.05) is 0 Å². The van der Waals surface area contributed by atoms with Crippen molar-refractivity contribution in [2.45, 2.75) is 6.92 Å². The van der Waals surface area contributed by atoms with Gasteiger partial charge in [-0.05, 0) is 13.0 Å². The molecule has 0 radical (unpaired) electrons. The van der Waals surface area contributed by atoms with Crippen LogP contribution in [0.2, 0.25) is 0 Å². The van der Waals surface area contributed by atoms with Gasteiger partial charge in [-0.25, -0.2) is 0 Å². The molecule has 0 aliphatic carbocycles. The molecule has 0 aliphatic rings. The lowest BCUT2D eigenvalue weighted by Gasteiger charge is -1.90. The molecule has 0 heterocycles. The van der Waals surface area contributed by atoms with E-state index in [-0.39, 0.29) is 0 Å². The number of allylic oxidation sites excluding steroid dienone is 2. The molecule has 2 heteroatoms. The number of carbonyl (C=O) groups is 1. The molecule has 7 heavy (non-hydrogen) atoms. The minimum Gasteiger partial charge on any atom is -0.494 e. The first-order chi connectivity index (χ1) is 3.35. The van der Waals surface area contributed by atoms with E-state index in [2.05, 4.69) is 4.74 Å². The lowest BCUT2D eigenvalue weighted by Crippen LogP contribution is -1.84. The molecule has 0 aromatic rings. The first kappa shape index (κ1) is 6.21. The quantitative estimate of drug-likeness (QED) is 0.290. The summed E-state index contributed by atoms with van der Waals surface area (Å²) >= 11 is 0. The number of hydrogen-bond acceptors (Lipinski definition) is 2. The predicted octanol–water partition coefficient (Wildman–Crippen LogP) is 0.736. The van der Waals surface area contributed by atoms with Crippen LogP contribution < -0.4 is 0 Å². The molecular weight excluding hydrogens is 92.1 g/mol. The second-order valence-corrected chi connectivity index (χ2v) is 1.01. The van der Waals surface area contributed by atoms with E-state index in [1.54, 1.807) is 13.0 Å². The molecule has 0 unspecified atom stereocenters. The standard InChI is InChI=1S/C5H8O2/c1-3-5(4-6)7-2/h3-4H,1-2H3. The van der Waals surface area contributed by atoms with Crippen molar-refractivity contribution in [3.8, 4) is 0 Å². The highest BCUT2D eigenvalue weighted by Crippen LogP contribution is 1.85. The van der Waals surface area contributed by atoms with Crippen LogP contribution in [0.15, 0.2) is 11.8 Å². The molecule has 0 spiro atoms. The summed E-state index contributed by atoms with van der Waals surface area (Å²) in [6.45, 7) is 1.74. The minimum atomic E-state index is 0.375. The van der Waals surface area contributed by atoms with Crippen molar-refractivity contribution in [3.05, 3.63) is 11.8 Å². The van der Waals surface area contributed by atoms with Crippen molar-refractivity contribution >= 4 is 6.29 Å². The fraction of sp³-hybridized carbons (Fsp3) is 0.400. The van der Waals surface area contributed by atoms with Crippen LogP contribution in [0.4, 0.5) is 0 Å². The zero-order valence-corrected chi connectivity index (χ0v) is 4.47. The van der Waals surface area contributed by atoms with Crippen molar-refractivity contribution in [2.75, 3.05) is 7.11 Å². The molecule has 0 aromatic carbocycles. The van der Waals surface area contributed by atoms with Crippen molar-refractivity contribution < 1.29 is 9.53 Å². The van der Waals surface area contributed by atoms with Crippen LogP contribution in [0.5, 0.6) is 0 Å². The Bertz CT molecular complexity index is 84.1. The third-order valence-electron chi connectivity index (χ3n) is 0.636. The molecule has 0 saturated carbocycles. The Hall–Kier alpha value is -0.790. The lowest BCUT2D eigenvalue weighted by molar-refractivity contribution is -0.107. The van der Waals surface area contributed by atoms with Crippen LogP contribution in [-0.4, -0.2) is 13.4 Å². The molecule has 0 bridgehead atoms. The topological polar surface area (TPSA) is 26.3 Å². The van der Waals surface area contributed by atoms with Gasteiger partial charge < -0.3 is 4.74 Å². The molecule has 0 atom stereocenters. The molecule has 0 aliphatic heterocycles. The van der Waals surface area contributed by atoms with Gasteiger partial charge >= 0.3 is 0 Å². The fourth-order valence-corrected chi connectivity index (χ4v) is 0.234. The molecular formula is C5H8O2. The number of carbonyl (C=O) groups excluding carboxylic acids is 1. The molecule has 0 amide bonds.